The molecule has 0 unspecified atom stereocenters. The Morgan fingerprint density at radius 2 is 1.88 bits per heavy atom. The van der Waals surface area contributed by atoms with Gasteiger partial charge in [-0.15, -0.1) is 0 Å². The lowest BCUT2D eigenvalue weighted by Crippen LogP contribution is -2.23. The van der Waals surface area contributed by atoms with E-state index in [-0.39, 0.29) is 18.3 Å². The summed E-state index contributed by atoms with van der Waals surface area (Å²) in [5.74, 6) is 1.21. The second-order valence-corrected chi connectivity index (χ2v) is 4.94. The summed E-state index contributed by atoms with van der Waals surface area (Å²) in [5, 5.41) is 2.98. The molecule has 0 heterocycles. The second kappa shape index (κ2) is 8.76. The molecule has 0 aromatic heterocycles. The quantitative estimate of drug-likeness (QED) is 0.601. The van der Waals surface area contributed by atoms with E-state index in [2.05, 4.69) is 10.3 Å². The SMILES string of the molecule is CCOc1ccc(OCC)c(NC(N)=NCc2ccccc2F)c1. The summed E-state index contributed by atoms with van der Waals surface area (Å²) >= 11 is 0. The molecule has 0 aliphatic rings. The molecule has 128 valence electrons. The first kappa shape index (κ1) is 17.6. The number of halogens is 1. The average molecular weight is 331 g/mol. The van der Waals surface area contributed by atoms with E-state index in [9.17, 15) is 4.39 Å². The van der Waals surface area contributed by atoms with Crippen LogP contribution >= 0.6 is 0 Å². The van der Waals surface area contributed by atoms with Crippen molar-refractivity contribution in [1.29, 1.82) is 0 Å². The molecular formula is C18H22FN3O2. The molecule has 2 rings (SSSR count). The summed E-state index contributed by atoms with van der Waals surface area (Å²) in [7, 11) is 0. The first-order chi connectivity index (χ1) is 11.6. The maximum atomic E-state index is 13.6. The largest absolute Gasteiger partial charge is 0.494 e. The van der Waals surface area contributed by atoms with E-state index in [1.807, 2.05) is 19.9 Å². The van der Waals surface area contributed by atoms with Crippen molar-refractivity contribution in [2.75, 3.05) is 18.5 Å². The van der Waals surface area contributed by atoms with Gasteiger partial charge < -0.3 is 20.5 Å². The molecule has 0 aliphatic carbocycles. The molecule has 0 saturated carbocycles. The number of nitrogens with one attached hydrogen (secondary N) is 1. The van der Waals surface area contributed by atoms with Crippen molar-refractivity contribution in [2.45, 2.75) is 20.4 Å². The molecule has 6 heteroatoms. The number of ether oxygens (including phenoxy) is 2. The Kier molecular flexibility index (Phi) is 6.42. The van der Waals surface area contributed by atoms with Gasteiger partial charge in [0.25, 0.3) is 0 Å². The monoisotopic (exact) mass is 331 g/mol. The lowest BCUT2D eigenvalue weighted by Gasteiger charge is -2.14. The smallest absolute Gasteiger partial charge is 0.193 e. The molecule has 24 heavy (non-hydrogen) atoms. The molecule has 0 spiro atoms. The second-order valence-electron chi connectivity index (χ2n) is 4.94. The fourth-order valence-electron chi connectivity index (χ4n) is 2.12. The van der Waals surface area contributed by atoms with Crippen molar-refractivity contribution in [3.8, 4) is 11.5 Å². The van der Waals surface area contributed by atoms with E-state index >= 15 is 0 Å². The van der Waals surface area contributed by atoms with Crippen LogP contribution in [0.5, 0.6) is 11.5 Å². The lowest BCUT2D eigenvalue weighted by molar-refractivity contribution is 0.332. The maximum absolute atomic E-state index is 13.6. The Bertz CT molecular complexity index is 704. The van der Waals surface area contributed by atoms with Crippen LogP contribution in [0, 0.1) is 5.82 Å². The van der Waals surface area contributed by atoms with Gasteiger partial charge in [0.1, 0.15) is 17.3 Å². The molecule has 5 nitrogen and oxygen atoms in total. The van der Waals surface area contributed by atoms with Gasteiger partial charge in [0.05, 0.1) is 25.4 Å². The zero-order chi connectivity index (χ0) is 17.4. The van der Waals surface area contributed by atoms with Crippen molar-refractivity contribution < 1.29 is 13.9 Å². The number of aliphatic imine (C=N–C) groups is 1. The van der Waals surface area contributed by atoms with Crippen molar-refractivity contribution in [2.24, 2.45) is 10.7 Å². The number of nitrogens with zero attached hydrogens (tertiary/aromatic N) is 1. The topological polar surface area (TPSA) is 68.9 Å². The molecular weight excluding hydrogens is 309 g/mol. The Labute approximate surface area is 141 Å². The van der Waals surface area contributed by atoms with Crippen molar-refractivity contribution in [3.05, 3.63) is 53.8 Å². The normalized spacial score (nSPS) is 11.2. The van der Waals surface area contributed by atoms with E-state index in [0.29, 0.717) is 36.0 Å². The van der Waals surface area contributed by atoms with E-state index in [1.54, 1.807) is 30.3 Å². The van der Waals surface area contributed by atoms with Gasteiger partial charge in [0, 0.05) is 11.6 Å². The zero-order valence-electron chi connectivity index (χ0n) is 13.9. The Hall–Kier alpha value is -2.76. The Morgan fingerprint density at radius 3 is 2.58 bits per heavy atom. The molecule has 2 aromatic carbocycles. The zero-order valence-corrected chi connectivity index (χ0v) is 13.9. The predicted octanol–water partition coefficient (Wildman–Crippen LogP) is 3.55. The highest BCUT2D eigenvalue weighted by atomic mass is 19.1. The first-order valence-electron chi connectivity index (χ1n) is 7.84. The average Bonchev–Trinajstić information content (AvgIpc) is 2.57. The molecule has 0 aliphatic heterocycles. The number of benzene rings is 2. The minimum atomic E-state index is -0.303. The van der Waals surface area contributed by atoms with Crippen LogP contribution in [0.1, 0.15) is 19.4 Å². The van der Waals surface area contributed by atoms with Crippen molar-refractivity contribution >= 4 is 11.6 Å². The van der Waals surface area contributed by atoms with Gasteiger partial charge in [-0.1, -0.05) is 18.2 Å². The lowest BCUT2D eigenvalue weighted by atomic mass is 10.2. The highest BCUT2D eigenvalue weighted by molar-refractivity contribution is 5.94. The summed E-state index contributed by atoms with van der Waals surface area (Å²) in [6.07, 6.45) is 0. The van der Waals surface area contributed by atoms with Gasteiger partial charge >= 0.3 is 0 Å². The first-order valence-corrected chi connectivity index (χ1v) is 7.84. The summed E-state index contributed by atoms with van der Waals surface area (Å²) in [6.45, 7) is 5.05. The van der Waals surface area contributed by atoms with Gasteiger partial charge in [0.15, 0.2) is 5.96 Å². The van der Waals surface area contributed by atoms with Crippen molar-refractivity contribution in [1.82, 2.24) is 0 Å². The summed E-state index contributed by atoms with van der Waals surface area (Å²) < 4.78 is 24.6. The van der Waals surface area contributed by atoms with Crippen LogP contribution in [-0.2, 0) is 6.54 Å². The molecule has 0 bridgehead atoms. The predicted molar refractivity (Wildman–Crippen MR) is 94.1 cm³/mol. The van der Waals surface area contributed by atoms with E-state index in [0.717, 1.165) is 0 Å². The number of anilines is 1. The van der Waals surface area contributed by atoms with Gasteiger partial charge in [-0.05, 0) is 32.0 Å². The van der Waals surface area contributed by atoms with Crippen molar-refractivity contribution in [3.63, 3.8) is 0 Å². The summed E-state index contributed by atoms with van der Waals surface area (Å²) in [5.41, 5.74) is 7.05. The van der Waals surface area contributed by atoms with Gasteiger partial charge in [0.2, 0.25) is 0 Å². The molecule has 3 N–H and O–H groups in total. The highest BCUT2D eigenvalue weighted by Gasteiger charge is 2.07. The minimum absolute atomic E-state index is 0.153. The number of nitrogens with two attached hydrogens (primary N) is 1. The number of hydrogen-bond donors (Lipinski definition) is 2. The highest BCUT2D eigenvalue weighted by Crippen LogP contribution is 2.29. The number of hydrogen-bond acceptors (Lipinski definition) is 3. The molecule has 0 fully saturated rings. The van der Waals surface area contributed by atoms with Gasteiger partial charge in [-0.3, -0.25) is 0 Å². The third kappa shape index (κ3) is 4.87. The Balaban J connectivity index is 2.14. The van der Waals surface area contributed by atoms with Gasteiger partial charge in [-0.25, -0.2) is 9.38 Å². The van der Waals surface area contributed by atoms with E-state index in [4.69, 9.17) is 15.2 Å². The summed E-state index contributed by atoms with van der Waals surface area (Å²) in [6, 6.07) is 11.9. The third-order valence-electron chi connectivity index (χ3n) is 3.20. The molecule has 2 aromatic rings. The molecule has 0 atom stereocenters. The van der Waals surface area contributed by atoms with E-state index < -0.39 is 0 Å². The van der Waals surface area contributed by atoms with Crippen LogP contribution in [-0.4, -0.2) is 19.2 Å². The molecule has 0 saturated heterocycles. The minimum Gasteiger partial charge on any atom is -0.494 e. The fourth-order valence-corrected chi connectivity index (χ4v) is 2.12. The van der Waals surface area contributed by atoms with Gasteiger partial charge in [-0.2, -0.15) is 0 Å². The van der Waals surface area contributed by atoms with Crippen LogP contribution in [0.2, 0.25) is 0 Å². The molecule has 0 radical (unpaired) electrons. The van der Waals surface area contributed by atoms with Crippen LogP contribution in [0.4, 0.5) is 10.1 Å². The van der Waals surface area contributed by atoms with E-state index in [1.165, 1.54) is 6.07 Å². The van der Waals surface area contributed by atoms with Crippen LogP contribution < -0.4 is 20.5 Å². The van der Waals surface area contributed by atoms with Crippen LogP contribution in [0.15, 0.2) is 47.5 Å². The fraction of sp³-hybridized carbons (Fsp3) is 0.278. The maximum Gasteiger partial charge on any atom is 0.193 e. The van der Waals surface area contributed by atoms with Crippen LogP contribution in [0.3, 0.4) is 0 Å². The number of guanidine groups is 1. The standard InChI is InChI=1S/C18H22FN3O2/c1-3-23-14-9-10-17(24-4-2)16(11-14)22-18(20)21-12-13-7-5-6-8-15(13)19/h5-11H,3-4,12H2,1-2H3,(H3,20,21,22). The Morgan fingerprint density at radius 1 is 1.12 bits per heavy atom. The number of rotatable bonds is 7. The van der Waals surface area contributed by atoms with Crippen LogP contribution in [0.25, 0.3) is 0 Å². The summed E-state index contributed by atoms with van der Waals surface area (Å²) in [4.78, 5) is 4.17. The third-order valence-corrected chi connectivity index (χ3v) is 3.20. The molecule has 0 amide bonds.